The van der Waals surface area contributed by atoms with Crippen molar-refractivity contribution in [3.8, 4) is 5.69 Å². The van der Waals surface area contributed by atoms with Crippen LogP contribution in [0.15, 0.2) is 63.0 Å². The minimum absolute atomic E-state index is 0.123. The first-order chi connectivity index (χ1) is 13.0. The van der Waals surface area contributed by atoms with E-state index in [9.17, 15) is 4.79 Å². The van der Waals surface area contributed by atoms with Crippen LogP contribution in [0.5, 0.6) is 0 Å². The summed E-state index contributed by atoms with van der Waals surface area (Å²) in [5.41, 5.74) is 2.91. The molecule has 0 unspecified atom stereocenters. The molecule has 0 amide bonds. The van der Waals surface area contributed by atoms with Gasteiger partial charge in [-0.3, -0.25) is 9.36 Å². The molecule has 0 aliphatic heterocycles. The maximum Gasteiger partial charge on any atom is 0.266 e. The number of hydrogen-bond donors (Lipinski definition) is 0. The Kier molecular flexibility index (Phi) is 4.76. The van der Waals surface area contributed by atoms with E-state index in [4.69, 9.17) is 21.1 Å². The van der Waals surface area contributed by atoms with Gasteiger partial charge in [0.05, 0.1) is 28.0 Å². The molecule has 2 aromatic carbocycles. The number of halogens is 1. The number of hydrogen-bond acceptors (Lipinski definition) is 5. The lowest BCUT2D eigenvalue weighted by atomic mass is 10.2. The Labute approximate surface area is 165 Å². The minimum Gasteiger partial charge on any atom is -0.360 e. The summed E-state index contributed by atoms with van der Waals surface area (Å²) in [5, 5.41) is 5.66. The first-order valence-corrected chi connectivity index (χ1v) is 9.73. The number of para-hydroxylation sites is 1. The van der Waals surface area contributed by atoms with Crippen LogP contribution in [0.4, 0.5) is 0 Å². The second kappa shape index (κ2) is 7.21. The van der Waals surface area contributed by atoms with E-state index >= 15 is 0 Å². The van der Waals surface area contributed by atoms with Crippen LogP contribution in [0.2, 0.25) is 5.02 Å². The molecule has 0 aliphatic rings. The Hall–Kier alpha value is -2.57. The molecule has 2 aromatic heterocycles. The Morgan fingerprint density at radius 2 is 1.96 bits per heavy atom. The third-order valence-corrected chi connectivity index (χ3v) is 5.62. The SMILES string of the molecule is Cc1cc(CSc2nc3ccccc3c(=O)n2-c2cccc(Cl)c2C)on1. The summed E-state index contributed by atoms with van der Waals surface area (Å²) in [5.74, 6) is 1.25. The smallest absolute Gasteiger partial charge is 0.266 e. The van der Waals surface area contributed by atoms with Gasteiger partial charge in [0.25, 0.3) is 5.56 Å². The van der Waals surface area contributed by atoms with Crippen LogP contribution in [0.25, 0.3) is 16.6 Å². The van der Waals surface area contributed by atoms with Gasteiger partial charge >= 0.3 is 0 Å². The predicted molar refractivity (Wildman–Crippen MR) is 108 cm³/mol. The van der Waals surface area contributed by atoms with Gasteiger partial charge < -0.3 is 4.52 Å². The molecule has 27 heavy (non-hydrogen) atoms. The summed E-state index contributed by atoms with van der Waals surface area (Å²) in [7, 11) is 0. The van der Waals surface area contributed by atoms with Gasteiger partial charge in [0.1, 0.15) is 5.76 Å². The molecule has 0 atom stereocenters. The highest BCUT2D eigenvalue weighted by molar-refractivity contribution is 7.98. The second-order valence-electron chi connectivity index (χ2n) is 6.16. The summed E-state index contributed by atoms with van der Waals surface area (Å²) in [6.07, 6.45) is 0. The normalized spacial score (nSPS) is 11.2. The summed E-state index contributed by atoms with van der Waals surface area (Å²) in [4.78, 5) is 18.0. The number of thioether (sulfide) groups is 1. The van der Waals surface area contributed by atoms with Crippen LogP contribution < -0.4 is 5.56 Å². The number of fused-ring (bicyclic) bond motifs is 1. The molecule has 136 valence electrons. The average molecular weight is 398 g/mol. The number of benzene rings is 2. The van der Waals surface area contributed by atoms with E-state index in [0.717, 1.165) is 22.7 Å². The highest BCUT2D eigenvalue weighted by Gasteiger charge is 2.16. The second-order valence-corrected chi connectivity index (χ2v) is 7.51. The summed E-state index contributed by atoms with van der Waals surface area (Å²) < 4.78 is 6.91. The molecule has 2 heterocycles. The van der Waals surface area contributed by atoms with E-state index in [0.29, 0.717) is 26.8 Å². The van der Waals surface area contributed by atoms with E-state index < -0.39 is 0 Å². The fraction of sp³-hybridized carbons (Fsp3) is 0.150. The first-order valence-electron chi connectivity index (χ1n) is 8.37. The molecular formula is C20H16ClN3O2S. The zero-order chi connectivity index (χ0) is 19.0. The Balaban J connectivity index is 1.90. The van der Waals surface area contributed by atoms with Crippen molar-refractivity contribution in [2.75, 3.05) is 0 Å². The van der Waals surface area contributed by atoms with Gasteiger partial charge in [-0.05, 0) is 43.7 Å². The van der Waals surface area contributed by atoms with Crippen molar-refractivity contribution in [2.45, 2.75) is 24.8 Å². The number of aryl methyl sites for hydroxylation is 1. The van der Waals surface area contributed by atoms with E-state index in [1.165, 1.54) is 11.8 Å². The Morgan fingerprint density at radius 1 is 1.15 bits per heavy atom. The van der Waals surface area contributed by atoms with Crippen LogP contribution in [0.1, 0.15) is 17.0 Å². The van der Waals surface area contributed by atoms with E-state index in [1.807, 2.05) is 56.3 Å². The molecule has 0 radical (unpaired) electrons. The van der Waals surface area contributed by atoms with Crippen LogP contribution in [0.3, 0.4) is 0 Å². The van der Waals surface area contributed by atoms with Gasteiger partial charge in [-0.2, -0.15) is 0 Å². The standard InChI is InChI=1S/C20H16ClN3O2S/c1-12-10-14(26-23-12)11-27-20-22-17-8-4-3-6-15(17)19(25)24(20)18-9-5-7-16(21)13(18)2/h3-10H,11H2,1-2H3. The molecule has 7 heteroatoms. The molecule has 4 aromatic rings. The van der Waals surface area contributed by atoms with Crippen molar-refractivity contribution < 1.29 is 4.52 Å². The van der Waals surface area contributed by atoms with Crippen LogP contribution in [-0.4, -0.2) is 14.7 Å². The highest BCUT2D eigenvalue weighted by atomic mass is 35.5. The molecule has 0 N–H and O–H groups in total. The molecule has 0 saturated carbocycles. The summed E-state index contributed by atoms with van der Waals surface area (Å²) >= 11 is 7.72. The molecule has 0 saturated heterocycles. The molecule has 0 fully saturated rings. The maximum atomic E-state index is 13.3. The number of nitrogens with zero attached hydrogens (tertiary/aromatic N) is 3. The Morgan fingerprint density at radius 3 is 2.74 bits per heavy atom. The van der Waals surface area contributed by atoms with Crippen molar-refractivity contribution in [3.05, 3.63) is 80.9 Å². The summed E-state index contributed by atoms with van der Waals surface area (Å²) in [6.45, 7) is 3.77. The largest absolute Gasteiger partial charge is 0.360 e. The van der Waals surface area contributed by atoms with Gasteiger partial charge in [0.15, 0.2) is 5.16 Å². The number of rotatable bonds is 4. The van der Waals surface area contributed by atoms with Crippen molar-refractivity contribution in [3.63, 3.8) is 0 Å². The molecule has 4 rings (SSSR count). The van der Waals surface area contributed by atoms with Crippen LogP contribution in [-0.2, 0) is 5.75 Å². The monoisotopic (exact) mass is 397 g/mol. The quantitative estimate of drug-likeness (QED) is 0.360. The summed E-state index contributed by atoms with van der Waals surface area (Å²) in [6, 6.07) is 14.7. The zero-order valence-electron chi connectivity index (χ0n) is 14.8. The third kappa shape index (κ3) is 3.38. The average Bonchev–Trinajstić information content (AvgIpc) is 3.08. The van der Waals surface area contributed by atoms with E-state index in [-0.39, 0.29) is 5.56 Å². The third-order valence-electron chi connectivity index (χ3n) is 4.25. The fourth-order valence-electron chi connectivity index (χ4n) is 2.88. The predicted octanol–water partition coefficient (Wildman–Crippen LogP) is 4.94. The van der Waals surface area contributed by atoms with E-state index in [1.54, 1.807) is 10.6 Å². The van der Waals surface area contributed by atoms with Gasteiger partial charge in [0, 0.05) is 11.1 Å². The van der Waals surface area contributed by atoms with Crippen molar-refractivity contribution >= 4 is 34.3 Å². The number of aromatic nitrogens is 3. The highest BCUT2D eigenvalue weighted by Crippen LogP contribution is 2.28. The van der Waals surface area contributed by atoms with E-state index in [2.05, 4.69) is 5.16 Å². The van der Waals surface area contributed by atoms with Gasteiger partial charge in [0.2, 0.25) is 0 Å². The molecular weight excluding hydrogens is 382 g/mol. The van der Waals surface area contributed by atoms with Gasteiger partial charge in [-0.1, -0.05) is 46.7 Å². The molecule has 5 nitrogen and oxygen atoms in total. The first kappa shape index (κ1) is 17.8. The lowest BCUT2D eigenvalue weighted by molar-refractivity contribution is 0.391. The van der Waals surface area contributed by atoms with Crippen molar-refractivity contribution in [1.29, 1.82) is 0 Å². The zero-order valence-corrected chi connectivity index (χ0v) is 16.3. The minimum atomic E-state index is -0.123. The molecule has 0 aliphatic carbocycles. The molecule has 0 bridgehead atoms. The fourth-order valence-corrected chi connectivity index (χ4v) is 3.93. The van der Waals surface area contributed by atoms with Crippen LogP contribution in [0, 0.1) is 13.8 Å². The van der Waals surface area contributed by atoms with Crippen LogP contribution >= 0.6 is 23.4 Å². The van der Waals surface area contributed by atoms with Gasteiger partial charge in [-0.15, -0.1) is 0 Å². The van der Waals surface area contributed by atoms with Gasteiger partial charge in [-0.25, -0.2) is 4.98 Å². The Bertz CT molecular complexity index is 1200. The van der Waals surface area contributed by atoms with Crippen molar-refractivity contribution in [1.82, 2.24) is 14.7 Å². The molecule has 0 spiro atoms. The maximum absolute atomic E-state index is 13.3. The van der Waals surface area contributed by atoms with Crippen molar-refractivity contribution in [2.24, 2.45) is 0 Å². The topological polar surface area (TPSA) is 60.9 Å². The lowest BCUT2D eigenvalue weighted by Gasteiger charge is -2.15. The lowest BCUT2D eigenvalue weighted by Crippen LogP contribution is -2.22.